The SMILES string of the molecule is CC(C)[C@H]1NC(=O)[C@@H]2C[C@H](NCc3cc(F)ccc3F)CN2C1=O. The summed E-state index contributed by atoms with van der Waals surface area (Å²) >= 11 is 0. The predicted octanol–water partition coefficient (Wildman–Crippen LogP) is 1.18. The lowest BCUT2D eigenvalue weighted by atomic mass is 9.98. The van der Waals surface area contributed by atoms with Gasteiger partial charge < -0.3 is 15.5 Å². The summed E-state index contributed by atoms with van der Waals surface area (Å²) in [6.07, 6.45) is 0.472. The number of nitrogens with zero attached hydrogens (tertiary/aromatic N) is 1. The van der Waals surface area contributed by atoms with Crippen LogP contribution in [0.4, 0.5) is 8.78 Å². The average Bonchev–Trinajstić information content (AvgIpc) is 2.96. The second-order valence-corrected chi connectivity index (χ2v) is 6.79. The maximum atomic E-state index is 13.7. The third-order valence-corrected chi connectivity index (χ3v) is 4.71. The van der Waals surface area contributed by atoms with Crippen molar-refractivity contribution in [2.45, 2.75) is 44.9 Å². The zero-order valence-electron chi connectivity index (χ0n) is 13.7. The molecule has 0 spiro atoms. The molecule has 1 aromatic rings. The molecule has 2 aliphatic rings. The Balaban J connectivity index is 1.65. The maximum absolute atomic E-state index is 13.7. The molecular weight excluding hydrogens is 316 g/mol. The predicted molar refractivity (Wildman–Crippen MR) is 83.9 cm³/mol. The van der Waals surface area contributed by atoms with E-state index in [0.717, 1.165) is 18.2 Å². The van der Waals surface area contributed by atoms with Crippen molar-refractivity contribution in [2.24, 2.45) is 5.92 Å². The summed E-state index contributed by atoms with van der Waals surface area (Å²) in [6.45, 7) is 4.33. The van der Waals surface area contributed by atoms with E-state index in [1.165, 1.54) is 0 Å². The van der Waals surface area contributed by atoms with Gasteiger partial charge in [0.05, 0.1) is 0 Å². The minimum absolute atomic E-state index is 0.0239. The van der Waals surface area contributed by atoms with Gasteiger partial charge >= 0.3 is 0 Å². The summed E-state index contributed by atoms with van der Waals surface area (Å²) in [5.41, 5.74) is 0.232. The first-order chi connectivity index (χ1) is 11.4. The lowest BCUT2D eigenvalue weighted by Gasteiger charge is -2.36. The number of hydrogen-bond acceptors (Lipinski definition) is 3. The first-order valence-corrected chi connectivity index (χ1v) is 8.15. The molecule has 2 amide bonds. The van der Waals surface area contributed by atoms with Crippen LogP contribution in [0.1, 0.15) is 25.8 Å². The fourth-order valence-electron chi connectivity index (χ4n) is 3.35. The van der Waals surface area contributed by atoms with E-state index in [4.69, 9.17) is 0 Å². The number of carbonyl (C=O) groups excluding carboxylic acids is 2. The van der Waals surface area contributed by atoms with Gasteiger partial charge in [-0.3, -0.25) is 9.59 Å². The van der Waals surface area contributed by atoms with Gasteiger partial charge in [-0.2, -0.15) is 0 Å². The van der Waals surface area contributed by atoms with Gasteiger partial charge in [-0.05, 0) is 30.5 Å². The Morgan fingerprint density at radius 2 is 2.08 bits per heavy atom. The minimum atomic E-state index is -0.494. The Labute approximate surface area is 139 Å². The molecule has 0 bridgehead atoms. The summed E-state index contributed by atoms with van der Waals surface area (Å²) in [5.74, 6) is -1.17. The molecule has 7 heteroatoms. The number of carbonyl (C=O) groups is 2. The summed E-state index contributed by atoms with van der Waals surface area (Å²) in [7, 11) is 0. The zero-order valence-corrected chi connectivity index (χ0v) is 13.7. The molecule has 2 saturated heterocycles. The third kappa shape index (κ3) is 3.13. The highest BCUT2D eigenvalue weighted by Crippen LogP contribution is 2.25. The van der Waals surface area contributed by atoms with Crippen molar-refractivity contribution < 1.29 is 18.4 Å². The van der Waals surface area contributed by atoms with Gasteiger partial charge in [0.25, 0.3) is 0 Å². The number of amides is 2. The van der Waals surface area contributed by atoms with Crippen LogP contribution in [-0.4, -0.2) is 41.4 Å². The average molecular weight is 337 g/mol. The molecular formula is C17H21F2N3O2. The normalized spacial score (nSPS) is 26.7. The van der Waals surface area contributed by atoms with E-state index in [1.54, 1.807) is 4.90 Å². The number of rotatable bonds is 4. The first kappa shape index (κ1) is 16.8. The molecule has 2 heterocycles. The Hall–Kier alpha value is -2.02. The molecule has 0 unspecified atom stereocenters. The van der Waals surface area contributed by atoms with Crippen LogP contribution < -0.4 is 10.6 Å². The standard InChI is InChI=1S/C17H21F2N3O2/c1-9(2)15-17(24)22-8-12(6-14(22)16(23)21-15)20-7-10-5-11(18)3-4-13(10)19/h3-5,9,12,14-15,20H,6-8H2,1-2H3,(H,21,23)/t12-,14-,15+/m0/s1. The molecule has 130 valence electrons. The van der Waals surface area contributed by atoms with Crippen molar-refractivity contribution in [3.05, 3.63) is 35.4 Å². The highest BCUT2D eigenvalue weighted by molar-refractivity contribution is 5.97. The molecule has 2 N–H and O–H groups in total. The van der Waals surface area contributed by atoms with Gasteiger partial charge in [-0.1, -0.05) is 13.8 Å². The number of halogens is 2. The van der Waals surface area contributed by atoms with Gasteiger partial charge in [0.1, 0.15) is 23.7 Å². The number of benzene rings is 1. The van der Waals surface area contributed by atoms with Crippen molar-refractivity contribution in [3.63, 3.8) is 0 Å². The summed E-state index contributed by atoms with van der Waals surface area (Å²) in [6, 6.07) is 2.21. The van der Waals surface area contributed by atoms with Crippen LogP contribution in [0.25, 0.3) is 0 Å². The second kappa shape index (κ2) is 6.47. The Morgan fingerprint density at radius 1 is 1.33 bits per heavy atom. The van der Waals surface area contributed by atoms with Crippen molar-refractivity contribution in [1.82, 2.24) is 15.5 Å². The highest BCUT2D eigenvalue weighted by Gasteiger charge is 2.46. The van der Waals surface area contributed by atoms with E-state index in [-0.39, 0.29) is 35.9 Å². The Bertz CT molecular complexity index is 665. The zero-order chi connectivity index (χ0) is 17.4. The summed E-state index contributed by atoms with van der Waals surface area (Å²) in [5, 5.41) is 5.91. The lowest BCUT2D eigenvalue weighted by Crippen LogP contribution is -2.62. The molecule has 24 heavy (non-hydrogen) atoms. The van der Waals surface area contributed by atoms with E-state index >= 15 is 0 Å². The first-order valence-electron chi connectivity index (χ1n) is 8.15. The van der Waals surface area contributed by atoms with E-state index in [9.17, 15) is 18.4 Å². The van der Waals surface area contributed by atoms with Crippen molar-refractivity contribution >= 4 is 11.8 Å². The Kier molecular flexibility index (Phi) is 4.54. The fraction of sp³-hybridized carbons (Fsp3) is 0.529. The van der Waals surface area contributed by atoms with Gasteiger partial charge in [-0.25, -0.2) is 8.78 Å². The molecule has 0 radical (unpaired) electrons. The quantitative estimate of drug-likeness (QED) is 0.867. The van der Waals surface area contributed by atoms with E-state index in [0.29, 0.717) is 13.0 Å². The van der Waals surface area contributed by atoms with Crippen molar-refractivity contribution in [3.8, 4) is 0 Å². The van der Waals surface area contributed by atoms with Crippen molar-refractivity contribution in [2.75, 3.05) is 6.54 Å². The van der Waals surface area contributed by atoms with Crippen LogP contribution in [0.3, 0.4) is 0 Å². The molecule has 5 nitrogen and oxygen atoms in total. The summed E-state index contributed by atoms with van der Waals surface area (Å²) < 4.78 is 26.9. The highest BCUT2D eigenvalue weighted by atomic mass is 19.1. The number of hydrogen-bond donors (Lipinski definition) is 2. The van der Waals surface area contributed by atoms with Crippen LogP contribution in [-0.2, 0) is 16.1 Å². The van der Waals surface area contributed by atoms with Crippen LogP contribution in [0.2, 0.25) is 0 Å². The largest absolute Gasteiger partial charge is 0.342 e. The molecule has 2 fully saturated rings. The molecule has 0 aromatic heterocycles. The molecule has 2 aliphatic heterocycles. The fourth-order valence-corrected chi connectivity index (χ4v) is 3.35. The van der Waals surface area contributed by atoms with Crippen LogP contribution in [0, 0.1) is 17.6 Å². The molecule has 0 aliphatic carbocycles. The van der Waals surface area contributed by atoms with Crippen molar-refractivity contribution in [1.29, 1.82) is 0 Å². The lowest BCUT2D eigenvalue weighted by molar-refractivity contribution is -0.148. The number of nitrogens with one attached hydrogen (secondary N) is 2. The monoisotopic (exact) mass is 337 g/mol. The minimum Gasteiger partial charge on any atom is -0.342 e. The van der Waals surface area contributed by atoms with E-state index in [1.807, 2.05) is 13.8 Å². The van der Waals surface area contributed by atoms with Gasteiger partial charge in [-0.15, -0.1) is 0 Å². The van der Waals surface area contributed by atoms with Gasteiger partial charge in [0.2, 0.25) is 11.8 Å². The molecule has 3 atom stereocenters. The number of fused-ring (bicyclic) bond motifs is 1. The molecule has 3 rings (SSSR count). The van der Waals surface area contributed by atoms with E-state index in [2.05, 4.69) is 10.6 Å². The molecule has 1 aromatic carbocycles. The van der Waals surface area contributed by atoms with Crippen LogP contribution >= 0.6 is 0 Å². The topological polar surface area (TPSA) is 61.4 Å². The number of piperazine rings is 1. The van der Waals surface area contributed by atoms with Gasteiger partial charge in [0.15, 0.2) is 0 Å². The van der Waals surface area contributed by atoms with Crippen LogP contribution in [0.15, 0.2) is 18.2 Å². The summed E-state index contributed by atoms with van der Waals surface area (Å²) in [4.78, 5) is 26.3. The van der Waals surface area contributed by atoms with Crippen LogP contribution in [0.5, 0.6) is 0 Å². The maximum Gasteiger partial charge on any atom is 0.246 e. The smallest absolute Gasteiger partial charge is 0.246 e. The third-order valence-electron chi connectivity index (χ3n) is 4.71. The molecule has 0 saturated carbocycles. The van der Waals surface area contributed by atoms with E-state index < -0.39 is 23.7 Å². The Morgan fingerprint density at radius 3 is 2.79 bits per heavy atom. The second-order valence-electron chi connectivity index (χ2n) is 6.79. The van der Waals surface area contributed by atoms with Gasteiger partial charge in [0, 0.05) is 24.7 Å².